The first kappa shape index (κ1) is 18.4. The zero-order chi connectivity index (χ0) is 18.7. The smallest absolute Gasteiger partial charge is 0.349 e. The molecule has 3 rings (SSSR count). The van der Waals surface area contributed by atoms with E-state index in [2.05, 4.69) is 14.4 Å². The molecular formula is C17H18N2O5S2. The number of thiophene rings is 1. The highest BCUT2D eigenvalue weighted by Gasteiger charge is 2.25. The molecule has 26 heavy (non-hydrogen) atoms. The highest BCUT2D eigenvalue weighted by atomic mass is 32.2. The van der Waals surface area contributed by atoms with Crippen LogP contribution in [-0.4, -0.2) is 40.4 Å². The molecule has 1 saturated heterocycles. The lowest BCUT2D eigenvalue weighted by molar-refractivity contribution is -0.119. The van der Waals surface area contributed by atoms with Crippen molar-refractivity contribution in [3.63, 3.8) is 0 Å². The van der Waals surface area contributed by atoms with Gasteiger partial charge in [0.15, 0.2) is 0 Å². The van der Waals surface area contributed by atoms with Crippen LogP contribution in [0.15, 0.2) is 40.6 Å². The van der Waals surface area contributed by atoms with E-state index < -0.39 is 16.0 Å². The van der Waals surface area contributed by atoms with Gasteiger partial charge in [0.2, 0.25) is 0 Å². The Kier molecular flexibility index (Phi) is 5.28. The molecule has 7 nitrogen and oxygen atoms in total. The van der Waals surface area contributed by atoms with E-state index >= 15 is 0 Å². The third-order valence-electron chi connectivity index (χ3n) is 4.10. The highest BCUT2D eigenvalue weighted by molar-refractivity contribution is 7.93. The number of esters is 1. The van der Waals surface area contributed by atoms with Gasteiger partial charge in [0.1, 0.15) is 15.6 Å². The van der Waals surface area contributed by atoms with Crippen molar-refractivity contribution < 1.29 is 22.7 Å². The quantitative estimate of drug-likeness (QED) is 0.784. The lowest BCUT2D eigenvalue weighted by Crippen LogP contribution is -2.33. The molecule has 2 heterocycles. The van der Waals surface area contributed by atoms with Gasteiger partial charge in [-0.15, -0.1) is 11.3 Å². The topological polar surface area (TPSA) is 92.8 Å². The molecule has 1 aromatic carbocycles. The maximum Gasteiger partial charge on any atom is 0.349 e. The summed E-state index contributed by atoms with van der Waals surface area (Å²) in [4.78, 5) is 25.1. The predicted molar refractivity (Wildman–Crippen MR) is 99.4 cm³/mol. The van der Waals surface area contributed by atoms with Gasteiger partial charge in [0, 0.05) is 37.3 Å². The molecule has 0 unspecified atom stereocenters. The molecule has 9 heteroatoms. The molecule has 138 valence electrons. The maximum atomic E-state index is 12.6. The lowest BCUT2D eigenvalue weighted by atomic mass is 10.1. The third-order valence-corrected chi connectivity index (χ3v) is 6.54. The molecule has 0 amide bonds. The summed E-state index contributed by atoms with van der Waals surface area (Å²) >= 11 is 1.01. The Hall–Kier alpha value is -2.39. The van der Waals surface area contributed by atoms with E-state index in [4.69, 9.17) is 0 Å². The van der Waals surface area contributed by atoms with Crippen LogP contribution in [0.2, 0.25) is 0 Å². The summed E-state index contributed by atoms with van der Waals surface area (Å²) in [6.45, 7) is 1.34. The molecule has 1 N–H and O–H groups in total. The van der Waals surface area contributed by atoms with Crippen LogP contribution < -0.4 is 9.62 Å². The Morgan fingerprint density at radius 2 is 1.81 bits per heavy atom. The number of rotatable bonds is 5. The Morgan fingerprint density at radius 3 is 2.42 bits per heavy atom. The number of Topliss-reactive ketones (excluding diaryl/α,β-unsaturated/α-hetero) is 1. The third kappa shape index (κ3) is 3.88. The number of methoxy groups -OCH3 is 1. The first-order valence-corrected chi connectivity index (χ1v) is 10.3. The summed E-state index contributed by atoms with van der Waals surface area (Å²) in [5.74, 6) is -0.418. The number of anilines is 2. The van der Waals surface area contributed by atoms with Crippen LogP contribution in [-0.2, 0) is 19.6 Å². The summed E-state index contributed by atoms with van der Waals surface area (Å²) in [5.41, 5.74) is 1.33. The normalized spacial score (nSPS) is 15.0. The minimum atomic E-state index is -3.90. The molecule has 0 saturated carbocycles. The van der Waals surface area contributed by atoms with Gasteiger partial charge < -0.3 is 9.64 Å². The van der Waals surface area contributed by atoms with Crippen molar-refractivity contribution in [1.82, 2.24) is 0 Å². The number of ketones is 1. The number of nitrogens with zero attached hydrogens (tertiary/aromatic N) is 1. The van der Waals surface area contributed by atoms with Crippen molar-refractivity contribution in [2.45, 2.75) is 17.7 Å². The number of ether oxygens (including phenoxy) is 1. The van der Waals surface area contributed by atoms with Gasteiger partial charge in [-0.3, -0.25) is 9.52 Å². The van der Waals surface area contributed by atoms with E-state index in [1.807, 2.05) is 12.1 Å². The molecular weight excluding hydrogens is 376 g/mol. The Morgan fingerprint density at radius 1 is 1.15 bits per heavy atom. The Bertz CT molecular complexity index is 909. The maximum absolute atomic E-state index is 12.6. The van der Waals surface area contributed by atoms with Gasteiger partial charge in [0.25, 0.3) is 10.0 Å². The molecule has 2 aromatic rings. The fourth-order valence-corrected chi connectivity index (χ4v) is 5.11. The average molecular weight is 394 g/mol. The van der Waals surface area contributed by atoms with Crippen LogP contribution in [0.25, 0.3) is 0 Å². The number of nitrogens with one attached hydrogen (secondary N) is 1. The number of carbonyl (C=O) groups is 2. The van der Waals surface area contributed by atoms with Gasteiger partial charge in [-0.05, 0) is 35.7 Å². The van der Waals surface area contributed by atoms with E-state index in [0.29, 0.717) is 31.6 Å². The molecule has 0 bridgehead atoms. The second-order valence-electron chi connectivity index (χ2n) is 5.78. The standard InChI is InChI=1S/C17H18N2O5S2/c1-24-17(21)16-15(8-11-25-16)26(22,23)18-12-2-4-13(5-3-12)19-9-6-14(20)7-10-19/h2-5,8,11,18H,6-7,9-10H2,1H3. The molecule has 0 atom stereocenters. The highest BCUT2D eigenvalue weighted by Crippen LogP contribution is 2.26. The number of piperidine rings is 1. The van der Waals surface area contributed by atoms with E-state index in [1.54, 1.807) is 12.1 Å². The summed E-state index contributed by atoms with van der Waals surface area (Å²) < 4.78 is 32.2. The predicted octanol–water partition coefficient (Wildman–Crippen LogP) is 2.50. The van der Waals surface area contributed by atoms with Crippen LogP contribution >= 0.6 is 11.3 Å². The van der Waals surface area contributed by atoms with Crippen LogP contribution in [0.1, 0.15) is 22.5 Å². The second-order valence-corrected chi connectivity index (χ2v) is 8.35. The van der Waals surface area contributed by atoms with Gasteiger partial charge in [-0.2, -0.15) is 0 Å². The Balaban J connectivity index is 1.75. The summed E-state index contributed by atoms with van der Waals surface area (Å²) in [5, 5.41) is 1.53. The van der Waals surface area contributed by atoms with Gasteiger partial charge >= 0.3 is 5.97 Å². The average Bonchev–Trinajstić information content (AvgIpc) is 3.13. The van der Waals surface area contributed by atoms with Crippen molar-refractivity contribution in [3.8, 4) is 0 Å². The minimum absolute atomic E-state index is 0.0367. The number of benzene rings is 1. The van der Waals surface area contributed by atoms with Crippen LogP contribution in [0.4, 0.5) is 11.4 Å². The number of hydrogen-bond acceptors (Lipinski definition) is 7. The Labute approximate surface area is 155 Å². The van der Waals surface area contributed by atoms with Gasteiger partial charge in [-0.25, -0.2) is 13.2 Å². The SMILES string of the molecule is COC(=O)c1sccc1S(=O)(=O)Nc1ccc(N2CCC(=O)CC2)cc1. The summed E-state index contributed by atoms with van der Waals surface area (Å²) in [6, 6.07) is 8.31. The zero-order valence-corrected chi connectivity index (χ0v) is 15.7. The molecule has 1 aliphatic heterocycles. The van der Waals surface area contributed by atoms with E-state index in [9.17, 15) is 18.0 Å². The minimum Gasteiger partial charge on any atom is -0.465 e. The summed E-state index contributed by atoms with van der Waals surface area (Å²) in [6.07, 6.45) is 1.06. The lowest BCUT2D eigenvalue weighted by Gasteiger charge is -2.28. The number of carbonyl (C=O) groups excluding carboxylic acids is 2. The largest absolute Gasteiger partial charge is 0.465 e. The van der Waals surface area contributed by atoms with Gasteiger partial charge in [-0.1, -0.05) is 0 Å². The molecule has 1 fully saturated rings. The van der Waals surface area contributed by atoms with Crippen molar-refractivity contribution in [2.75, 3.05) is 29.8 Å². The number of sulfonamides is 1. The van der Waals surface area contributed by atoms with Gasteiger partial charge in [0.05, 0.1) is 7.11 Å². The van der Waals surface area contributed by atoms with E-state index in [-0.39, 0.29) is 15.6 Å². The molecule has 1 aliphatic rings. The van der Waals surface area contributed by atoms with E-state index in [0.717, 1.165) is 17.0 Å². The molecule has 1 aromatic heterocycles. The second kappa shape index (κ2) is 7.46. The first-order valence-electron chi connectivity index (χ1n) is 7.96. The van der Waals surface area contributed by atoms with Crippen LogP contribution in [0, 0.1) is 0 Å². The van der Waals surface area contributed by atoms with Crippen LogP contribution in [0.5, 0.6) is 0 Å². The molecule has 0 radical (unpaired) electrons. The fraction of sp³-hybridized carbons (Fsp3) is 0.294. The fourth-order valence-electron chi connectivity index (χ4n) is 2.72. The zero-order valence-electron chi connectivity index (χ0n) is 14.1. The van der Waals surface area contributed by atoms with Crippen molar-refractivity contribution in [1.29, 1.82) is 0 Å². The van der Waals surface area contributed by atoms with E-state index in [1.165, 1.54) is 18.6 Å². The van der Waals surface area contributed by atoms with Crippen molar-refractivity contribution in [3.05, 3.63) is 40.6 Å². The first-order chi connectivity index (χ1) is 12.4. The summed E-state index contributed by atoms with van der Waals surface area (Å²) in [7, 11) is -2.69. The molecule has 0 aliphatic carbocycles. The van der Waals surface area contributed by atoms with Crippen molar-refractivity contribution >= 4 is 44.5 Å². The molecule has 0 spiro atoms. The monoisotopic (exact) mass is 394 g/mol. The van der Waals surface area contributed by atoms with Crippen molar-refractivity contribution in [2.24, 2.45) is 0 Å². The van der Waals surface area contributed by atoms with Crippen LogP contribution in [0.3, 0.4) is 0 Å². The number of hydrogen-bond donors (Lipinski definition) is 1.